The van der Waals surface area contributed by atoms with Gasteiger partial charge in [0.25, 0.3) is 0 Å². The van der Waals surface area contributed by atoms with E-state index in [4.69, 9.17) is 5.73 Å². The van der Waals surface area contributed by atoms with Crippen LogP contribution < -0.4 is 5.73 Å². The van der Waals surface area contributed by atoms with Gasteiger partial charge in [-0.3, -0.25) is 4.98 Å². The Balaban J connectivity index is 3.10. The molecule has 2 N–H and O–H groups in total. The second-order valence-electron chi connectivity index (χ2n) is 2.67. The van der Waals surface area contributed by atoms with Crippen LogP contribution >= 0.6 is 12.2 Å². The van der Waals surface area contributed by atoms with Crippen LogP contribution in [0, 0.1) is 0 Å². The smallest absolute Gasteiger partial charge is 0.393 e. The number of alkyl halides is 3. The normalized spacial score (nSPS) is 11.4. The fraction of sp³-hybridized carbons (Fsp3) is 0.250. The van der Waals surface area contributed by atoms with E-state index in [2.05, 4.69) is 17.2 Å². The third-order valence-electron chi connectivity index (χ3n) is 1.58. The first kappa shape index (κ1) is 10.9. The van der Waals surface area contributed by atoms with Gasteiger partial charge in [0.05, 0.1) is 10.6 Å². The summed E-state index contributed by atoms with van der Waals surface area (Å²) in [6.45, 7) is 0. The largest absolute Gasteiger partial charge is 0.418 e. The van der Waals surface area contributed by atoms with E-state index in [1.165, 1.54) is 12.3 Å². The first-order valence-electron chi connectivity index (χ1n) is 3.69. The summed E-state index contributed by atoms with van der Waals surface area (Å²) in [4.78, 5) is 3.44. The molecule has 76 valence electrons. The summed E-state index contributed by atoms with van der Waals surface area (Å²) in [6, 6.07) is 1.27. The van der Waals surface area contributed by atoms with E-state index in [0.717, 1.165) is 6.20 Å². The molecule has 0 aliphatic carbocycles. The molecule has 0 saturated heterocycles. The topological polar surface area (TPSA) is 38.9 Å². The van der Waals surface area contributed by atoms with Gasteiger partial charge in [-0.2, -0.15) is 13.2 Å². The van der Waals surface area contributed by atoms with Crippen LogP contribution in [0.4, 0.5) is 13.2 Å². The predicted octanol–water partition coefficient (Wildman–Crippen LogP) is 1.93. The molecule has 1 heterocycles. The van der Waals surface area contributed by atoms with Crippen LogP contribution in [0.25, 0.3) is 0 Å². The lowest BCUT2D eigenvalue weighted by molar-refractivity contribution is -0.138. The third-order valence-corrected chi connectivity index (χ3v) is 1.73. The molecule has 0 aliphatic heterocycles. The quantitative estimate of drug-likeness (QED) is 0.774. The molecule has 0 fully saturated rings. The minimum atomic E-state index is -4.41. The van der Waals surface area contributed by atoms with Crippen molar-refractivity contribution in [2.75, 3.05) is 0 Å². The van der Waals surface area contributed by atoms with Gasteiger partial charge in [-0.15, -0.1) is 0 Å². The molecule has 0 atom stereocenters. The molecule has 0 bridgehead atoms. The Kier molecular flexibility index (Phi) is 3.05. The van der Waals surface area contributed by atoms with E-state index in [1.807, 2.05) is 0 Å². The van der Waals surface area contributed by atoms with Crippen LogP contribution in [-0.4, -0.2) is 9.97 Å². The van der Waals surface area contributed by atoms with Crippen LogP contribution in [0.15, 0.2) is 18.5 Å². The summed E-state index contributed by atoms with van der Waals surface area (Å²) in [7, 11) is 0. The highest BCUT2D eigenvalue weighted by Gasteiger charge is 2.33. The summed E-state index contributed by atoms with van der Waals surface area (Å²) in [5.74, 6) is 0. The zero-order valence-corrected chi connectivity index (χ0v) is 7.82. The molecule has 1 aromatic heterocycles. The van der Waals surface area contributed by atoms with Crippen LogP contribution in [0.5, 0.6) is 0 Å². The SMILES string of the molecule is NC(=S)Cc1ccncc1C(F)(F)F. The van der Waals surface area contributed by atoms with Crippen LogP contribution in [0.2, 0.25) is 0 Å². The van der Waals surface area contributed by atoms with Crippen molar-refractivity contribution in [3.63, 3.8) is 0 Å². The highest BCUT2D eigenvalue weighted by molar-refractivity contribution is 7.80. The summed E-state index contributed by atoms with van der Waals surface area (Å²) in [6.07, 6.45) is -2.42. The molecule has 2 nitrogen and oxygen atoms in total. The van der Waals surface area contributed by atoms with Crippen LogP contribution in [0.3, 0.4) is 0 Å². The Morgan fingerprint density at radius 1 is 1.50 bits per heavy atom. The fourth-order valence-corrected chi connectivity index (χ4v) is 1.18. The van der Waals surface area contributed by atoms with Crippen molar-refractivity contribution in [2.45, 2.75) is 12.6 Å². The third kappa shape index (κ3) is 2.66. The number of hydrogen-bond donors (Lipinski definition) is 1. The van der Waals surface area contributed by atoms with E-state index in [9.17, 15) is 13.2 Å². The Bertz CT molecular complexity index is 349. The number of thiocarbonyl (C=S) groups is 1. The number of nitrogens with two attached hydrogens (primary N) is 1. The van der Waals surface area contributed by atoms with Crippen molar-refractivity contribution in [1.29, 1.82) is 0 Å². The number of nitrogens with zero attached hydrogens (tertiary/aromatic N) is 1. The average molecular weight is 220 g/mol. The van der Waals surface area contributed by atoms with Gasteiger partial charge >= 0.3 is 6.18 Å². The van der Waals surface area contributed by atoms with Gasteiger partial charge in [0, 0.05) is 18.8 Å². The molecule has 0 radical (unpaired) electrons. The van der Waals surface area contributed by atoms with Gasteiger partial charge in [0.1, 0.15) is 0 Å². The number of aromatic nitrogens is 1. The average Bonchev–Trinajstić information content (AvgIpc) is 2.01. The van der Waals surface area contributed by atoms with E-state index >= 15 is 0 Å². The number of rotatable bonds is 2. The summed E-state index contributed by atoms with van der Waals surface area (Å²) < 4.78 is 37.1. The molecule has 0 aromatic carbocycles. The molecule has 0 saturated carbocycles. The summed E-state index contributed by atoms with van der Waals surface area (Å²) >= 11 is 4.55. The van der Waals surface area contributed by atoms with Gasteiger partial charge in [0.15, 0.2) is 0 Å². The summed E-state index contributed by atoms with van der Waals surface area (Å²) in [5.41, 5.74) is 4.45. The van der Waals surface area contributed by atoms with Crippen molar-refractivity contribution in [3.05, 3.63) is 29.6 Å². The summed E-state index contributed by atoms with van der Waals surface area (Å²) in [5, 5.41) is 0. The molecule has 0 unspecified atom stereocenters. The zero-order valence-electron chi connectivity index (χ0n) is 7.01. The monoisotopic (exact) mass is 220 g/mol. The van der Waals surface area contributed by atoms with E-state index in [0.29, 0.717) is 0 Å². The molecule has 0 spiro atoms. The van der Waals surface area contributed by atoms with Crippen molar-refractivity contribution in [2.24, 2.45) is 5.73 Å². The standard InChI is InChI=1S/C8H7F3N2S/c9-8(10,11)6-4-13-2-1-5(6)3-7(12)14/h1-2,4H,3H2,(H2,12,14). The second-order valence-corrected chi connectivity index (χ2v) is 3.20. The highest BCUT2D eigenvalue weighted by atomic mass is 32.1. The second kappa shape index (κ2) is 3.91. The van der Waals surface area contributed by atoms with E-state index < -0.39 is 11.7 Å². The molecule has 1 aromatic rings. The van der Waals surface area contributed by atoms with Crippen LogP contribution in [0.1, 0.15) is 11.1 Å². The lowest BCUT2D eigenvalue weighted by Crippen LogP contribution is -2.16. The Morgan fingerprint density at radius 2 is 2.14 bits per heavy atom. The number of pyridine rings is 1. The van der Waals surface area contributed by atoms with Crippen molar-refractivity contribution in [1.82, 2.24) is 4.98 Å². The maximum Gasteiger partial charge on any atom is 0.418 e. The lowest BCUT2D eigenvalue weighted by Gasteiger charge is -2.10. The maximum atomic E-state index is 12.4. The van der Waals surface area contributed by atoms with Gasteiger partial charge < -0.3 is 5.73 Å². The first-order chi connectivity index (χ1) is 6.41. The Labute approximate surface area is 83.9 Å². The first-order valence-corrected chi connectivity index (χ1v) is 4.10. The van der Waals surface area contributed by atoms with E-state index in [-0.39, 0.29) is 17.0 Å². The maximum absolute atomic E-state index is 12.4. The molecule has 6 heteroatoms. The molecule has 0 amide bonds. The Morgan fingerprint density at radius 3 is 2.64 bits per heavy atom. The van der Waals surface area contributed by atoms with Crippen molar-refractivity contribution < 1.29 is 13.2 Å². The number of halogens is 3. The van der Waals surface area contributed by atoms with Gasteiger partial charge in [-0.05, 0) is 11.6 Å². The predicted molar refractivity (Wildman–Crippen MR) is 49.7 cm³/mol. The molecule has 1 rings (SSSR count). The number of hydrogen-bond acceptors (Lipinski definition) is 2. The van der Waals surface area contributed by atoms with Gasteiger partial charge in [-0.1, -0.05) is 12.2 Å². The highest BCUT2D eigenvalue weighted by Crippen LogP contribution is 2.31. The van der Waals surface area contributed by atoms with Crippen molar-refractivity contribution in [3.8, 4) is 0 Å². The lowest BCUT2D eigenvalue weighted by atomic mass is 10.1. The minimum absolute atomic E-state index is 0.0294. The van der Waals surface area contributed by atoms with E-state index in [1.54, 1.807) is 0 Å². The molecule has 14 heavy (non-hydrogen) atoms. The Hall–Kier alpha value is -1.17. The van der Waals surface area contributed by atoms with Gasteiger partial charge in [0.2, 0.25) is 0 Å². The molecular weight excluding hydrogens is 213 g/mol. The van der Waals surface area contributed by atoms with Crippen LogP contribution in [-0.2, 0) is 12.6 Å². The zero-order chi connectivity index (χ0) is 10.8. The molecular formula is C8H7F3N2S. The minimum Gasteiger partial charge on any atom is -0.393 e. The molecule has 0 aliphatic rings. The van der Waals surface area contributed by atoms with Crippen molar-refractivity contribution >= 4 is 17.2 Å². The fourth-order valence-electron chi connectivity index (χ4n) is 1.02. The van der Waals surface area contributed by atoms with Gasteiger partial charge in [-0.25, -0.2) is 0 Å².